The maximum atomic E-state index is 11.7. The molecule has 1 aliphatic heterocycles. The van der Waals surface area contributed by atoms with Gasteiger partial charge in [0.2, 0.25) is 4.80 Å². The Bertz CT molecular complexity index is 1170. The highest BCUT2D eigenvalue weighted by atomic mass is 32.1. The van der Waals surface area contributed by atoms with Crippen molar-refractivity contribution in [1.29, 1.82) is 0 Å². The Kier molecular flexibility index (Phi) is 5.46. The molecule has 0 atom stereocenters. The maximum Gasteiger partial charge on any atom is 0.262 e. The summed E-state index contributed by atoms with van der Waals surface area (Å²) in [6.07, 6.45) is 0. The van der Waals surface area contributed by atoms with Crippen molar-refractivity contribution in [3.63, 3.8) is 0 Å². The number of anilines is 1. The summed E-state index contributed by atoms with van der Waals surface area (Å²) >= 11 is 3.17. The van der Waals surface area contributed by atoms with Crippen LogP contribution in [0.1, 0.15) is 18.7 Å². The average molecular weight is 425 g/mol. The molecule has 0 saturated carbocycles. The SMILES string of the molecule is C=C(C)CN=c1scc(-c2ccc3c(c2)NC(=O)CO3)n1N=C(C)c1cccs1. The molecule has 3 heterocycles. The standard InChI is InChI=1S/C21H20N4O2S2/c1-13(2)10-22-21-25(24-14(3)19-5-4-8-28-19)17(12-29-21)15-6-7-18-16(9-15)23-20(26)11-27-18/h4-9,12H,1,10-11H2,2-3H3,(H,23,26). The zero-order valence-corrected chi connectivity index (χ0v) is 17.8. The number of nitrogens with one attached hydrogen (secondary N) is 1. The number of carbonyl (C=O) groups is 1. The van der Waals surface area contributed by atoms with E-state index in [9.17, 15) is 4.79 Å². The Morgan fingerprint density at radius 1 is 1.31 bits per heavy atom. The third-order valence-corrected chi connectivity index (χ3v) is 6.04. The van der Waals surface area contributed by atoms with Crippen LogP contribution in [0.3, 0.4) is 0 Å². The van der Waals surface area contributed by atoms with Crippen LogP contribution in [0, 0.1) is 0 Å². The number of thiophene rings is 1. The second-order valence-corrected chi connectivity index (χ2v) is 8.48. The molecule has 6 nitrogen and oxygen atoms in total. The van der Waals surface area contributed by atoms with E-state index >= 15 is 0 Å². The van der Waals surface area contributed by atoms with Crippen molar-refractivity contribution in [2.75, 3.05) is 18.5 Å². The lowest BCUT2D eigenvalue weighted by molar-refractivity contribution is -0.118. The van der Waals surface area contributed by atoms with E-state index in [2.05, 4.69) is 16.9 Å². The summed E-state index contributed by atoms with van der Waals surface area (Å²) in [5.41, 5.74) is 4.38. The number of ether oxygens (including phenoxy) is 1. The van der Waals surface area contributed by atoms with Gasteiger partial charge in [-0.05, 0) is 43.5 Å². The predicted molar refractivity (Wildman–Crippen MR) is 119 cm³/mol. The zero-order valence-electron chi connectivity index (χ0n) is 16.1. The molecule has 8 heteroatoms. The Morgan fingerprint density at radius 2 is 2.17 bits per heavy atom. The molecule has 0 bridgehead atoms. The smallest absolute Gasteiger partial charge is 0.262 e. The minimum absolute atomic E-state index is 0.0407. The van der Waals surface area contributed by atoms with Crippen molar-refractivity contribution >= 4 is 40.0 Å². The first kappa shape index (κ1) is 19.4. The molecule has 3 aromatic rings. The van der Waals surface area contributed by atoms with E-state index in [-0.39, 0.29) is 12.5 Å². The van der Waals surface area contributed by atoms with E-state index in [1.807, 2.05) is 59.6 Å². The third-order valence-electron chi connectivity index (χ3n) is 4.21. The van der Waals surface area contributed by atoms with Crippen LogP contribution >= 0.6 is 22.7 Å². The van der Waals surface area contributed by atoms with Crippen LogP contribution in [0.15, 0.2) is 63.3 Å². The van der Waals surface area contributed by atoms with E-state index < -0.39 is 0 Å². The van der Waals surface area contributed by atoms with Gasteiger partial charge in [0.1, 0.15) is 5.75 Å². The first-order chi connectivity index (χ1) is 14.0. The number of carbonyl (C=O) groups excluding carboxylic acids is 1. The van der Waals surface area contributed by atoms with Crippen LogP contribution in [-0.2, 0) is 4.79 Å². The summed E-state index contributed by atoms with van der Waals surface area (Å²) in [7, 11) is 0. The van der Waals surface area contributed by atoms with Gasteiger partial charge in [-0.2, -0.15) is 5.10 Å². The van der Waals surface area contributed by atoms with Crippen molar-refractivity contribution in [3.8, 4) is 17.0 Å². The van der Waals surface area contributed by atoms with Gasteiger partial charge in [0.25, 0.3) is 5.91 Å². The number of thiazole rings is 1. The van der Waals surface area contributed by atoms with Crippen LogP contribution < -0.4 is 14.9 Å². The van der Waals surface area contributed by atoms with Crippen molar-refractivity contribution in [3.05, 3.63) is 62.9 Å². The van der Waals surface area contributed by atoms with Gasteiger partial charge in [-0.1, -0.05) is 18.2 Å². The van der Waals surface area contributed by atoms with Crippen molar-refractivity contribution in [1.82, 2.24) is 4.68 Å². The van der Waals surface area contributed by atoms with E-state index in [0.29, 0.717) is 18.0 Å². The maximum absolute atomic E-state index is 11.7. The molecular weight excluding hydrogens is 404 g/mol. The first-order valence-corrected chi connectivity index (χ1v) is 10.8. The number of benzene rings is 1. The number of aromatic nitrogens is 1. The topological polar surface area (TPSA) is 68.0 Å². The van der Waals surface area contributed by atoms with Gasteiger partial charge in [-0.15, -0.1) is 22.7 Å². The fourth-order valence-electron chi connectivity index (χ4n) is 2.83. The lowest BCUT2D eigenvalue weighted by atomic mass is 10.1. The van der Waals surface area contributed by atoms with Crippen LogP contribution in [0.2, 0.25) is 0 Å². The fraction of sp³-hybridized carbons (Fsp3) is 0.190. The Balaban J connectivity index is 1.83. The normalized spacial score (nSPS) is 14.3. The van der Waals surface area contributed by atoms with E-state index in [1.165, 1.54) is 11.3 Å². The summed E-state index contributed by atoms with van der Waals surface area (Å²) in [4.78, 5) is 18.2. The summed E-state index contributed by atoms with van der Waals surface area (Å²) in [5, 5.41) is 11.8. The van der Waals surface area contributed by atoms with Gasteiger partial charge in [0, 0.05) is 10.9 Å². The monoisotopic (exact) mass is 424 g/mol. The highest BCUT2D eigenvalue weighted by molar-refractivity contribution is 7.12. The van der Waals surface area contributed by atoms with Crippen molar-refractivity contribution < 1.29 is 9.53 Å². The zero-order chi connectivity index (χ0) is 20.4. The molecule has 0 unspecified atom stereocenters. The van der Waals surface area contributed by atoms with Gasteiger partial charge < -0.3 is 10.1 Å². The molecule has 1 aliphatic rings. The van der Waals surface area contributed by atoms with Gasteiger partial charge in [0.15, 0.2) is 6.61 Å². The average Bonchev–Trinajstić information content (AvgIpc) is 3.36. The molecule has 1 amide bonds. The second kappa shape index (κ2) is 8.18. The molecule has 0 radical (unpaired) electrons. The van der Waals surface area contributed by atoms with Crippen LogP contribution in [0.25, 0.3) is 11.3 Å². The van der Waals surface area contributed by atoms with Crippen LogP contribution in [0.4, 0.5) is 5.69 Å². The largest absolute Gasteiger partial charge is 0.482 e. The number of rotatable bonds is 5. The van der Waals surface area contributed by atoms with Crippen molar-refractivity contribution in [2.45, 2.75) is 13.8 Å². The van der Waals surface area contributed by atoms with Gasteiger partial charge in [0.05, 0.1) is 28.5 Å². The number of fused-ring (bicyclic) bond motifs is 1. The molecule has 148 valence electrons. The Morgan fingerprint density at radius 3 is 2.93 bits per heavy atom. The molecule has 1 N–H and O–H groups in total. The molecule has 1 aromatic carbocycles. The number of hydrogen-bond donors (Lipinski definition) is 1. The minimum atomic E-state index is -0.156. The highest BCUT2D eigenvalue weighted by Crippen LogP contribution is 2.33. The Labute approximate surface area is 176 Å². The summed E-state index contributed by atoms with van der Waals surface area (Å²) < 4.78 is 7.33. The minimum Gasteiger partial charge on any atom is -0.482 e. The number of nitrogens with zero attached hydrogens (tertiary/aromatic N) is 3. The molecule has 29 heavy (non-hydrogen) atoms. The second-order valence-electron chi connectivity index (χ2n) is 6.70. The lowest BCUT2D eigenvalue weighted by Crippen LogP contribution is -2.25. The first-order valence-electron chi connectivity index (χ1n) is 9.03. The van der Waals surface area contributed by atoms with E-state index in [4.69, 9.17) is 9.84 Å². The third kappa shape index (κ3) is 4.23. The highest BCUT2D eigenvalue weighted by Gasteiger charge is 2.18. The van der Waals surface area contributed by atoms with Gasteiger partial charge in [-0.3, -0.25) is 9.79 Å². The summed E-state index contributed by atoms with van der Waals surface area (Å²) in [5.74, 6) is 0.511. The van der Waals surface area contributed by atoms with Crippen LogP contribution in [-0.4, -0.2) is 29.4 Å². The summed E-state index contributed by atoms with van der Waals surface area (Å²) in [6.45, 7) is 8.46. The lowest BCUT2D eigenvalue weighted by Gasteiger charge is -2.18. The Hall–Kier alpha value is -2.97. The molecular formula is C21H20N4O2S2. The van der Waals surface area contributed by atoms with E-state index in [0.717, 1.165) is 32.2 Å². The van der Waals surface area contributed by atoms with Crippen LogP contribution in [0.5, 0.6) is 5.75 Å². The molecule has 0 spiro atoms. The number of hydrogen-bond acceptors (Lipinski definition) is 6. The molecule has 2 aromatic heterocycles. The molecule has 0 saturated heterocycles. The quantitative estimate of drug-likeness (QED) is 0.488. The fourth-order valence-corrected chi connectivity index (χ4v) is 4.33. The number of amides is 1. The summed E-state index contributed by atoms with van der Waals surface area (Å²) in [6, 6.07) is 9.80. The molecule has 0 aliphatic carbocycles. The van der Waals surface area contributed by atoms with Crippen molar-refractivity contribution in [2.24, 2.45) is 10.1 Å². The van der Waals surface area contributed by atoms with Gasteiger partial charge in [-0.25, -0.2) is 4.68 Å². The van der Waals surface area contributed by atoms with Gasteiger partial charge >= 0.3 is 0 Å². The van der Waals surface area contributed by atoms with E-state index in [1.54, 1.807) is 11.3 Å². The predicted octanol–water partition coefficient (Wildman–Crippen LogP) is 4.36. The molecule has 0 fully saturated rings. The molecule has 4 rings (SSSR count).